The zero-order valence-corrected chi connectivity index (χ0v) is 10.9. The lowest BCUT2D eigenvalue weighted by Gasteiger charge is -2.00. The van der Waals surface area contributed by atoms with Crippen LogP contribution >= 0.6 is 0 Å². The summed E-state index contributed by atoms with van der Waals surface area (Å²) >= 11 is 0. The molecule has 0 aromatic heterocycles. The van der Waals surface area contributed by atoms with Gasteiger partial charge in [0.15, 0.2) is 0 Å². The zero-order valence-electron chi connectivity index (χ0n) is 10.9. The summed E-state index contributed by atoms with van der Waals surface area (Å²) in [6.07, 6.45) is 7.12. The number of hydrogen-bond acceptors (Lipinski definition) is 4. The fourth-order valence-electron chi connectivity index (χ4n) is 1.21. The van der Waals surface area contributed by atoms with Crippen molar-refractivity contribution in [3.63, 3.8) is 0 Å². The highest BCUT2D eigenvalue weighted by Gasteiger charge is 1.92. The largest absolute Gasteiger partial charge is 0.379 e. The Kier molecular flexibility index (Phi) is 16.9. The van der Waals surface area contributed by atoms with Crippen LogP contribution in [0.5, 0.6) is 0 Å². The van der Waals surface area contributed by atoms with Crippen molar-refractivity contribution in [1.82, 2.24) is 0 Å². The third-order valence-corrected chi connectivity index (χ3v) is 2.21. The monoisotopic (exact) mass is 234 g/mol. The minimum Gasteiger partial charge on any atom is -0.379 e. The second kappa shape index (κ2) is 14.8. The van der Waals surface area contributed by atoms with Crippen molar-refractivity contribution >= 4 is 0 Å². The van der Waals surface area contributed by atoms with Crippen molar-refractivity contribution in [3.8, 4) is 0 Å². The van der Waals surface area contributed by atoms with E-state index in [1.807, 2.05) is 0 Å². The normalized spacial score (nSPS) is 13.9. The SMILES string of the molecule is CCCCCC(N)O.CCCCCC(N)O. The molecule has 0 aliphatic heterocycles. The molecule has 0 fully saturated rings. The van der Waals surface area contributed by atoms with Crippen molar-refractivity contribution in [2.24, 2.45) is 11.5 Å². The Morgan fingerprint density at radius 1 is 0.750 bits per heavy atom. The molecule has 0 aromatic carbocycles. The minimum atomic E-state index is -0.596. The second-order valence-electron chi connectivity index (χ2n) is 4.13. The molecule has 4 nitrogen and oxygen atoms in total. The van der Waals surface area contributed by atoms with Gasteiger partial charge in [-0.05, 0) is 25.7 Å². The Labute approximate surface area is 100 Å². The number of rotatable bonds is 8. The van der Waals surface area contributed by atoms with E-state index in [9.17, 15) is 0 Å². The molecule has 2 atom stereocenters. The summed E-state index contributed by atoms with van der Waals surface area (Å²) in [6, 6.07) is 0. The number of aliphatic hydroxyl groups is 2. The summed E-state index contributed by atoms with van der Waals surface area (Å²) in [4.78, 5) is 0. The van der Waals surface area contributed by atoms with Crippen LogP contribution in [-0.2, 0) is 0 Å². The molecule has 0 aliphatic rings. The highest BCUT2D eigenvalue weighted by atomic mass is 16.3. The van der Waals surface area contributed by atoms with Gasteiger partial charge in [-0.2, -0.15) is 0 Å². The van der Waals surface area contributed by atoms with Crippen LogP contribution in [0.3, 0.4) is 0 Å². The Bertz CT molecular complexity index is 106. The Morgan fingerprint density at radius 2 is 1.06 bits per heavy atom. The Balaban J connectivity index is 0. The summed E-state index contributed by atoms with van der Waals surface area (Å²) in [5.74, 6) is 0. The van der Waals surface area contributed by atoms with Crippen LogP contribution in [0.15, 0.2) is 0 Å². The van der Waals surface area contributed by atoms with Crippen molar-refractivity contribution in [2.45, 2.75) is 77.7 Å². The molecule has 0 rings (SSSR count). The van der Waals surface area contributed by atoms with Gasteiger partial charge in [0, 0.05) is 0 Å². The Morgan fingerprint density at radius 3 is 1.25 bits per heavy atom. The number of nitrogens with two attached hydrogens (primary N) is 2. The van der Waals surface area contributed by atoms with Gasteiger partial charge in [-0.3, -0.25) is 0 Å². The van der Waals surface area contributed by atoms with E-state index in [1.165, 1.54) is 25.7 Å². The molecule has 0 aliphatic carbocycles. The molecule has 100 valence electrons. The molecule has 0 saturated carbocycles. The van der Waals surface area contributed by atoms with Gasteiger partial charge in [0.05, 0.1) is 0 Å². The fraction of sp³-hybridized carbons (Fsp3) is 1.00. The van der Waals surface area contributed by atoms with E-state index in [0.717, 1.165) is 25.7 Å². The smallest absolute Gasteiger partial charge is 0.102 e. The maximum Gasteiger partial charge on any atom is 0.102 e. The van der Waals surface area contributed by atoms with Gasteiger partial charge >= 0.3 is 0 Å². The van der Waals surface area contributed by atoms with Gasteiger partial charge in [-0.25, -0.2) is 0 Å². The van der Waals surface area contributed by atoms with E-state index >= 15 is 0 Å². The van der Waals surface area contributed by atoms with E-state index < -0.39 is 12.5 Å². The standard InChI is InChI=1S/2C6H15NO/c2*1-2-3-4-5-6(7)8/h2*6,8H,2-5,7H2,1H3. The van der Waals surface area contributed by atoms with Gasteiger partial charge in [0.2, 0.25) is 0 Å². The van der Waals surface area contributed by atoms with Gasteiger partial charge in [0.1, 0.15) is 12.5 Å². The molecule has 4 heteroatoms. The van der Waals surface area contributed by atoms with Crippen LogP contribution in [0.2, 0.25) is 0 Å². The van der Waals surface area contributed by atoms with Crippen LogP contribution in [0.1, 0.15) is 65.2 Å². The summed E-state index contributed by atoms with van der Waals surface area (Å²) in [7, 11) is 0. The molecule has 6 N–H and O–H groups in total. The number of unbranched alkanes of at least 4 members (excludes halogenated alkanes) is 4. The van der Waals surface area contributed by atoms with Crippen molar-refractivity contribution < 1.29 is 10.2 Å². The van der Waals surface area contributed by atoms with E-state index in [-0.39, 0.29) is 0 Å². The third kappa shape index (κ3) is 23.6. The summed E-state index contributed by atoms with van der Waals surface area (Å²) in [6.45, 7) is 4.26. The molecule has 0 amide bonds. The summed E-state index contributed by atoms with van der Waals surface area (Å²) < 4.78 is 0. The van der Waals surface area contributed by atoms with Gasteiger partial charge in [-0.15, -0.1) is 0 Å². The molecule has 0 bridgehead atoms. The number of aliphatic hydroxyl groups excluding tert-OH is 2. The van der Waals surface area contributed by atoms with Crippen molar-refractivity contribution in [1.29, 1.82) is 0 Å². The van der Waals surface area contributed by atoms with Crippen LogP contribution in [0, 0.1) is 0 Å². The molecular weight excluding hydrogens is 204 g/mol. The predicted molar refractivity (Wildman–Crippen MR) is 68.7 cm³/mol. The predicted octanol–water partition coefficient (Wildman–Crippen LogP) is 1.69. The first-order chi connectivity index (χ1) is 7.54. The van der Waals surface area contributed by atoms with Crippen molar-refractivity contribution in [2.75, 3.05) is 0 Å². The van der Waals surface area contributed by atoms with Crippen LogP contribution in [0.25, 0.3) is 0 Å². The first-order valence-electron chi connectivity index (χ1n) is 6.41. The molecule has 0 radical (unpaired) electrons. The van der Waals surface area contributed by atoms with E-state index in [1.54, 1.807) is 0 Å². The van der Waals surface area contributed by atoms with Crippen LogP contribution in [0.4, 0.5) is 0 Å². The van der Waals surface area contributed by atoms with Crippen molar-refractivity contribution in [3.05, 3.63) is 0 Å². The van der Waals surface area contributed by atoms with Gasteiger partial charge in [0.25, 0.3) is 0 Å². The van der Waals surface area contributed by atoms with E-state index in [4.69, 9.17) is 21.7 Å². The first kappa shape index (κ1) is 18.2. The lowest BCUT2D eigenvalue weighted by molar-refractivity contribution is 0.168. The highest BCUT2D eigenvalue weighted by Crippen LogP contribution is 1.99. The minimum absolute atomic E-state index is 0.596. The van der Waals surface area contributed by atoms with E-state index in [2.05, 4.69) is 13.8 Å². The lowest BCUT2D eigenvalue weighted by Crippen LogP contribution is -2.17. The third-order valence-electron chi connectivity index (χ3n) is 2.21. The molecule has 0 saturated heterocycles. The molecule has 0 spiro atoms. The summed E-state index contributed by atoms with van der Waals surface area (Å²) in [5, 5.41) is 17.1. The molecule has 0 aromatic rings. The quantitative estimate of drug-likeness (QED) is 0.380. The average molecular weight is 234 g/mol. The zero-order chi connectivity index (χ0) is 12.8. The van der Waals surface area contributed by atoms with Crippen LogP contribution in [-0.4, -0.2) is 22.7 Å². The lowest BCUT2D eigenvalue weighted by atomic mass is 10.2. The number of hydrogen-bond donors (Lipinski definition) is 4. The second-order valence-corrected chi connectivity index (χ2v) is 4.13. The topological polar surface area (TPSA) is 92.5 Å². The van der Waals surface area contributed by atoms with E-state index in [0.29, 0.717) is 0 Å². The fourth-order valence-corrected chi connectivity index (χ4v) is 1.21. The molecular formula is C12H30N2O2. The van der Waals surface area contributed by atoms with Gasteiger partial charge in [-0.1, -0.05) is 39.5 Å². The Hall–Kier alpha value is -0.160. The van der Waals surface area contributed by atoms with Gasteiger partial charge < -0.3 is 21.7 Å². The average Bonchev–Trinajstić information content (AvgIpc) is 2.18. The molecule has 16 heavy (non-hydrogen) atoms. The summed E-state index contributed by atoms with van der Waals surface area (Å²) in [5.41, 5.74) is 10.2. The van der Waals surface area contributed by atoms with Crippen LogP contribution < -0.4 is 11.5 Å². The maximum absolute atomic E-state index is 8.56. The first-order valence-corrected chi connectivity index (χ1v) is 6.41. The molecule has 2 unspecified atom stereocenters. The highest BCUT2D eigenvalue weighted by molar-refractivity contribution is 4.45. The molecule has 0 heterocycles. The maximum atomic E-state index is 8.56.